The Morgan fingerprint density at radius 2 is 0.910 bits per heavy atom. The summed E-state index contributed by atoms with van der Waals surface area (Å²) in [6.07, 6.45) is 73.7. The lowest BCUT2D eigenvalue weighted by Crippen LogP contribution is -2.45. The zero-order valence-electron chi connectivity index (χ0n) is 42.8. The van der Waals surface area contributed by atoms with Gasteiger partial charge in [0.2, 0.25) is 5.91 Å². The van der Waals surface area contributed by atoms with Crippen LogP contribution in [0.5, 0.6) is 0 Å². The Morgan fingerprint density at radius 3 is 1.37 bits per heavy atom. The summed E-state index contributed by atoms with van der Waals surface area (Å²) in [5, 5.41) is 13.8. The van der Waals surface area contributed by atoms with Crippen LogP contribution in [0.3, 0.4) is 0 Å². The van der Waals surface area contributed by atoms with Crippen LogP contribution in [0.15, 0.2) is 146 Å². The maximum atomic E-state index is 12.9. The molecule has 1 amide bonds. The standard InChI is InChI=1S/C58H95N2O6P/c1-6-8-10-12-14-16-18-20-21-22-23-24-25-26-27-28-29-30-31-32-33-34-35-36-37-38-39-40-42-44-46-48-50-52-58(62)59-56(55-66-67(63,64)65-54-53-60(3,4)5)57(61)51-49-47-45-43-41-19-17-15-13-11-9-7-2/h8,10,14,16,20-21,23-24,26-27,29-30,32-33,35-36,38-39,41-44,49,51,56-57,61H,6-7,9,11-13,15,17-19,22,25,28,31,34,37,40,45-48,50,52-55H2,1-5H3,(H-,59,62,63,64)/p+1/b10-8-,16-14-,21-20-,24-23-,27-26-,30-29-,33-32-,36-35-,39-38-,43-41+,44-42-,51-49+. The summed E-state index contributed by atoms with van der Waals surface area (Å²) in [7, 11) is 1.50. The van der Waals surface area contributed by atoms with Crippen molar-refractivity contribution >= 4 is 13.7 Å². The molecule has 0 rings (SSSR count). The molecule has 0 radical (unpaired) electrons. The molecule has 0 aliphatic carbocycles. The molecule has 0 aliphatic rings. The second-order valence-corrected chi connectivity index (χ2v) is 19.3. The lowest BCUT2D eigenvalue weighted by atomic mass is 10.1. The van der Waals surface area contributed by atoms with Crippen LogP contribution in [-0.2, 0) is 18.4 Å². The van der Waals surface area contributed by atoms with Crippen molar-refractivity contribution in [3.05, 3.63) is 146 Å². The molecule has 0 aliphatic heterocycles. The van der Waals surface area contributed by atoms with Crippen molar-refractivity contribution < 1.29 is 32.9 Å². The third-order valence-electron chi connectivity index (χ3n) is 10.3. The van der Waals surface area contributed by atoms with E-state index in [1.165, 1.54) is 38.5 Å². The maximum absolute atomic E-state index is 12.9. The number of nitrogens with one attached hydrogen (secondary N) is 1. The highest BCUT2D eigenvalue weighted by molar-refractivity contribution is 7.47. The van der Waals surface area contributed by atoms with Crippen LogP contribution >= 0.6 is 7.82 Å². The fraction of sp³-hybridized carbons (Fsp3) is 0.569. The van der Waals surface area contributed by atoms with Gasteiger partial charge < -0.3 is 19.8 Å². The first-order valence-corrected chi connectivity index (χ1v) is 27.2. The molecule has 3 atom stereocenters. The molecular weight excluding hydrogens is 852 g/mol. The summed E-state index contributed by atoms with van der Waals surface area (Å²) in [5.74, 6) is -0.238. The summed E-state index contributed by atoms with van der Waals surface area (Å²) in [5.41, 5.74) is 0. The number of phosphoric ester groups is 1. The number of amides is 1. The number of carbonyl (C=O) groups is 1. The van der Waals surface area contributed by atoms with Crippen molar-refractivity contribution in [2.24, 2.45) is 0 Å². The van der Waals surface area contributed by atoms with Crippen molar-refractivity contribution in [2.45, 2.75) is 174 Å². The van der Waals surface area contributed by atoms with Gasteiger partial charge in [0.15, 0.2) is 0 Å². The number of hydrogen-bond donors (Lipinski definition) is 3. The number of allylic oxidation sites excluding steroid dienone is 23. The molecule has 0 saturated carbocycles. The minimum absolute atomic E-state index is 0.0386. The first-order valence-electron chi connectivity index (χ1n) is 25.7. The van der Waals surface area contributed by atoms with Gasteiger partial charge in [-0.05, 0) is 109 Å². The van der Waals surface area contributed by atoms with E-state index in [-0.39, 0.29) is 25.5 Å². The largest absolute Gasteiger partial charge is 0.472 e. The monoisotopic (exact) mass is 948 g/mol. The average Bonchev–Trinajstić information content (AvgIpc) is 3.29. The van der Waals surface area contributed by atoms with E-state index >= 15 is 0 Å². The number of nitrogens with zero attached hydrogens (tertiary/aromatic N) is 1. The van der Waals surface area contributed by atoms with E-state index in [2.05, 4.69) is 153 Å². The van der Waals surface area contributed by atoms with Crippen molar-refractivity contribution in [1.29, 1.82) is 0 Å². The predicted octanol–water partition coefficient (Wildman–Crippen LogP) is 15.4. The van der Waals surface area contributed by atoms with E-state index in [1.54, 1.807) is 6.08 Å². The highest BCUT2D eigenvalue weighted by atomic mass is 31.2. The molecule has 3 N–H and O–H groups in total. The number of rotatable bonds is 44. The molecule has 0 bridgehead atoms. The van der Waals surface area contributed by atoms with Gasteiger partial charge in [0, 0.05) is 6.42 Å². The second-order valence-electron chi connectivity index (χ2n) is 17.8. The molecule has 0 aromatic carbocycles. The van der Waals surface area contributed by atoms with Gasteiger partial charge in [-0.2, -0.15) is 0 Å². The molecule has 0 aromatic heterocycles. The van der Waals surface area contributed by atoms with Crippen molar-refractivity contribution in [3.8, 4) is 0 Å². The molecule has 0 saturated heterocycles. The topological polar surface area (TPSA) is 105 Å². The van der Waals surface area contributed by atoms with Crippen LogP contribution in [0.1, 0.15) is 162 Å². The number of likely N-dealkylation sites (N-methyl/N-ethyl adjacent to an activating group) is 1. The zero-order chi connectivity index (χ0) is 49.2. The lowest BCUT2D eigenvalue weighted by molar-refractivity contribution is -0.870. The molecule has 378 valence electrons. The summed E-state index contributed by atoms with van der Waals surface area (Å²) in [6, 6.07) is -0.897. The van der Waals surface area contributed by atoms with Crippen LogP contribution in [0.25, 0.3) is 0 Å². The van der Waals surface area contributed by atoms with Gasteiger partial charge in [0.25, 0.3) is 0 Å². The number of aliphatic hydroxyl groups excluding tert-OH is 1. The van der Waals surface area contributed by atoms with Crippen molar-refractivity contribution in [1.82, 2.24) is 5.32 Å². The highest BCUT2D eigenvalue weighted by Gasteiger charge is 2.27. The molecule has 0 spiro atoms. The van der Waals surface area contributed by atoms with E-state index in [4.69, 9.17) is 9.05 Å². The average molecular weight is 948 g/mol. The number of unbranched alkanes of at least 4 members (excludes halogenated alkanes) is 9. The molecule has 0 heterocycles. The summed E-state index contributed by atoms with van der Waals surface area (Å²) >= 11 is 0. The minimum atomic E-state index is -4.37. The van der Waals surface area contributed by atoms with E-state index in [9.17, 15) is 19.4 Å². The van der Waals surface area contributed by atoms with Gasteiger partial charge in [-0.25, -0.2) is 4.57 Å². The molecule has 3 unspecified atom stereocenters. The Morgan fingerprint density at radius 1 is 0.522 bits per heavy atom. The first kappa shape index (κ1) is 63.4. The normalized spacial score (nSPS) is 15.3. The van der Waals surface area contributed by atoms with Crippen LogP contribution in [-0.4, -0.2) is 73.4 Å². The Kier molecular flexibility index (Phi) is 44.9. The lowest BCUT2D eigenvalue weighted by Gasteiger charge is -2.25. The van der Waals surface area contributed by atoms with Crippen molar-refractivity contribution in [2.75, 3.05) is 40.9 Å². The number of hydrogen-bond acceptors (Lipinski definition) is 5. The molecular formula is C58H96N2O6P+. The van der Waals surface area contributed by atoms with E-state index < -0.39 is 20.0 Å². The number of carbonyl (C=O) groups excluding carboxylic acids is 1. The van der Waals surface area contributed by atoms with Gasteiger partial charge in [0.1, 0.15) is 13.2 Å². The minimum Gasteiger partial charge on any atom is -0.387 e. The van der Waals surface area contributed by atoms with Gasteiger partial charge in [-0.15, -0.1) is 0 Å². The SMILES string of the molecule is CC/C=C\C/C=C\C/C=C\C/C=C\C/C=C\C/C=C\C/C=C\C/C=C\C/C=C\C/C=C\CCCCC(=O)NC(COP(=O)(O)OCC[N+](C)(C)C)C(O)/C=C/CC/C=C/CCCCCCCC. The fourth-order valence-corrected chi connectivity index (χ4v) is 6.99. The highest BCUT2D eigenvalue weighted by Crippen LogP contribution is 2.43. The summed E-state index contributed by atoms with van der Waals surface area (Å²) in [4.78, 5) is 23.1. The van der Waals surface area contributed by atoms with Crippen LogP contribution in [0, 0.1) is 0 Å². The number of quaternary nitrogens is 1. The Labute approximate surface area is 410 Å². The third-order valence-corrected chi connectivity index (χ3v) is 11.3. The summed E-state index contributed by atoms with van der Waals surface area (Å²) < 4.78 is 23.5. The smallest absolute Gasteiger partial charge is 0.387 e. The zero-order valence-corrected chi connectivity index (χ0v) is 43.7. The molecule has 0 fully saturated rings. The number of aliphatic hydroxyl groups is 1. The molecule has 8 nitrogen and oxygen atoms in total. The van der Waals surface area contributed by atoms with Gasteiger partial charge >= 0.3 is 7.82 Å². The van der Waals surface area contributed by atoms with E-state index in [1.807, 2.05) is 27.2 Å². The predicted molar refractivity (Wildman–Crippen MR) is 290 cm³/mol. The van der Waals surface area contributed by atoms with Crippen LogP contribution in [0.4, 0.5) is 0 Å². The maximum Gasteiger partial charge on any atom is 0.472 e. The van der Waals surface area contributed by atoms with Crippen LogP contribution < -0.4 is 5.32 Å². The Balaban J connectivity index is 4.36. The van der Waals surface area contributed by atoms with Gasteiger partial charge in [0.05, 0.1) is 39.9 Å². The Bertz CT molecular complexity index is 1590. The van der Waals surface area contributed by atoms with Gasteiger partial charge in [-0.1, -0.05) is 192 Å². The third kappa shape index (κ3) is 50.1. The Hall–Kier alpha value is -3.62. The fourth-order valence-electron chi connectivity index (χ4n) is 6.26. The van der Waals surface area contributed by atoms with Crippen LogP contribution in [0.2, 0.25) is 0 Å². The molecule has 9 heteroatoms. The van der Waals surface area contributed by atoms with Gasteiger partial charge in [-0.3, -0.25) is 13.8 Å². The van der Waals surface area contributed by atoms with E-state index in [0.29, 0.717) is 17.4 Å². The quantitative estimate of drug-likeness (QED) is 0.0243. The second kappa shape index (κ2) is 47.4. The first-order chi connectivity index (χ1) is 32.5. The molecule has 0 aromatic rings. The van der Waals surface area contributed by atoms with Crippen molar-refractivity contribution in [3.63, 3.8) is 0 Å². The number of phosphoric acid groups is 1. The van der Waals surface area contributed by atoms with E-state index in [0.717, 1.165) is 96.3 Å². The molecule has 67 heavy (non-hydrogen) atoms. The summed E-state index contributed by atoms with van der Waals surface area (Å²) in [6.45, 7) is 4.59.